The van der Waals surface area contributed by atoms with Gasteiger partial charge in [-0.05, 0) is 17.5 Å². The average molecular weight is 305 g/mol. The molecule has 4 rings (SSSR count). The number of ether oxygens (including phenoxy) is 2. The summed E-state index contributed by atoms with van der Waals surface area (Å²) in [6, 6.07) is 9.61. The van der Waals surface area contributed by atoms with E-state index in [0.717, 1.165) is 10.1 Å². The average Bonchev–Trinajstić information content (AvgIpc) is 3.16. The molecule has 2 aromatic rings. The fourth-order valence-corrected chi connectivity index (χ4v) is 3.90. The van der Waals surface area contributed by atoms with Crippen molar-refractivity contribution in [1.29, 1.82) is 0 Å². The maximum atomic E-state index is 12.4. The molecule has 21 heavy (non-hydrogen) atoms. The third-order valence-electron chi connectivity index (χ3n) is 3.99. The van der Waals surface area contributed by atoms with Gasteiger partial charge in [0.05, 0.1) is 24.1 Å². The Morgan fingerprint density at radius 1 is 1.24 bits per heavy atom. The van der Waals surface area contributed by atoms with Crippen molar-refractivity contribution in [2.24, 2.45) is 0 Å². The van der Waals surface area contributed by atoms with E-state index in [1.54, 1.807) is 0 Å². The van der Waals surface area contributed by atoms with E-state index >= 15 is 0 Å². The van der Waals surface area contributed by atoms with E-state index in [0.29, 0.717) is 11.5 Å². The maximum Gasteiger partial charge on any atom is 0.261 e. The summed E-state index contributed by atoms with van der Waals surface area (Å²) >= 11 is 1.47. The lowest BCUT2D eigenvalue weighted by atomic mass is 10.1. The van der Waals surface area contributed by atoms with Crippen LogP contribution in [0.2, 0.25) is 0 Å². The van der Waals surface area contributed by atoms with Crippen molar-refractivity contribution < 1.29 is 19.4 Å². The number of benzene rings is 1. The number of hydrogen-bond donors (Lipinski definition) is 2. The summed E-state index contributed by atoms with van der Waals surface area (Å²) in [6.45, 7) is 0.646. The maximum absolute atomic E-state index is 12.4. The quantitative estimate of drug-likeness (QED) is 0.873. The van der Waals surface area contributed by atoms with Crippen molar-refractivity contribution in [2.45, 2.75) is 24.4 Å². The minimum atomic E-state index is -0.596. The summed E-state index contributed by atoms with van der Waals surface area (Å²) in [5, 5.41) is 13.7. The van der Waals surface area contributed by atoms with Gasteiger partial charge in [-0.15, -0.1) is 11.3 Å². The van der Waals surface area contributed by atoms with Crippen LogP contribution in [-0.4, -0.2) is 48.6 Å². The van der Waals surface area contributed by atoms with Crippen LogP contribution in [0.25, 0.3) is 10.1 Å². The predicted molar refractivity (Wildman–Crippen MR) is 78.6 cm³/mol. The molecule has 1 aromatic heterocycles. The highest BCUT2D eigenvalue weighted by Gasteiger charge is 2.47. The zero-order valence-electron chi connectivity index (χ0n) is 11.2. The zero-order chi connectivity index (χ0) is 14.4. The van der Waals surface area contributed by atoms with E-state index in [9.17, 15) is 9.90 Å². The van der Waals surface area contributed by atoms with E-state index in [1.807, 2.05) is 30.3 Å². The van der Waals surface area contributed by atoms with Crippen LogP contribution < -0.4 is 5.32 Å². The largest absolute Gasteiger partial charge is 0.388 e. The van der Waals surface area contributed by atoms with Crippen LogP contribution in [0, 0.1) is 0 Å². The Morgan fingerprint density at radius 2 is 2.05 bits per heavy atom. The van der Waals surface area contributed by atoms with Gasteiger partial charge in [0.2, 0.25) is 0 Å². The van der Waals surface area contributed by atoms with Crippen molar-refractivity contribution in [1.82, 2.24) is 5.32 Å². The number of carbonyl (C=O) groups excluding carboxylic acids is 1. The van der Waals surface area contributed by atoms with Gasteiger partial charge < -0.3 is 19.9 Å². The highest BCUT2D eigenvalue weighted by atomic mass is 32.1. The first-order valence-electron chi connectivity index (χ1n) is 6.93. The molecule has 110 valence electrons. The first-order chi connectivity index (χ1) is 10.2. The van der Waals surface area contributed by atoms with Gasteiger partial charge in [-0.2, -0.15) is 0 Å². The van der Waals surface area contributed by atoms with E-state index in [4.69, 9.17) is 9.47 Å². The standard InChI is InChI=1S/C15H15NO4S/c17-10-7-20-13-9(6-19-14(10)13)16-15(18)12-5-8-3-1-2-4-11(8)21-12/h1-5,9-10,13-14,17H,6-7H2,(H,16,18)/t9-,10-,13-,14-/m1/s1. The molecule has 2 saturated heterocycles. The van der Waals surface area contributed by atoms with E-state index in [1.165, 1.54) is 11.3 Å². The summed E-state index contributed by atoms with van der Waals surface area (Å²) in [7, 11) is 0. The van der Waals surface area contributed by atoms with Crippen molar-refractivity contribution >= 4 is 27.3 Å². The number of aliphatic hydroxyl groups excluding tert-OH is 1. The monoisotopic (exact) mass is 305 g/mol. The van der Waals surface area contributed by atoms with Gasteiger partial charge in [-0.25, -0.2) is 0 Å². The van der Waals surface area contributed by atoms with E-state index in [2.05, 4.69) is 5.32 Å². The lowest BCUT2D eigenvalue weighted by molar-refractivity contribution is 0.0178. The molecule has 0 radical (unpaired) electrons. The van der Waals surface area contributed by atoms with Gasteiger partial charge >= 0.3 is 0 Å². The Balaban J connectivity index is 1.51. The molecular formula is C15H15NO4S. The molecule has 0 unspecified atom stereocenters. The van der Waals surface area contributed by atoms with Crippen LogP contribution in [0.4, 0.5) is 0 Å². The van der Waals surface area contributed by atoms with Gasteiger partial charge in [0, 0.05) is 4.70 Å². The lowest BCUT2D eigenvalue weighted by Crippen LogP contribution is -2.44. The number of thiophene rings is 1. The summed E-state index contributed by atoms with van der Waals surface area (Å²) in [5.41, 5.74) is 0. The summed E-state index contributed by atoms with van der Waals surface area (Å²) in [5.74, 6) is -0.115. The SMILES string of the molecule is O=C(N[C@@H]1CO[C@H]2[C@@H]1OC[C@H]2O)c1cc2ccccc2s1. The zero-order valence-corrected chi connectivity index (χ0v) is 12.0. The van der Waals surface area contributed by atoms with Crippen LogP contribution in [0.5, 0.6) is 0 Å². The molecular weight excluding hydrogens is 290 g/mol. The molecule has 2 fully saturated rings. The molecule has 6 heteroatoms. The van der Waals surface area contributed by atoms with Crippen LogP contribution in [-0.2, 0) is 9.47 Å². The number of nitrogens with one attached hydrogen (secondary N) is 1. The normalized spacial score (nSPS) is 31.5. The Morgan fingerprint density at radius 3 is 2.90 bits per heavy atom. The first-order valence-corrected chi connectivity index (χ1v) is 7.75. The molecule has 2 N–H and O–H groups in total. The number of rotatable bonds is 2. The Bertz CT molecular complexity index is 652. The highest BCUT2D eigenvalue weighted by molar-refractivity contribution is 7.20. The minimum absolute atomic E-state index is 0.115. The molecule has 0 aliphatic carbocycles. The van der Waals surface area contributed by atoms with Gasteiger partial charge in [-0.1, -0.05) is 18.2 Å². The number of aliphatic hydroxyl groups is 1. The second-order valence-electron chi connectivity index (χ2n) is 5.39. The van der Waals surface area contributed by atoms with E-state index < -0.39 is 6.10 Å². The molecule has 1 amide bonds. The molecule has 5 nitrogen and oxygen atoms in total. The third kappa shape index (κ3) is 2.24. The van der Waals surface area contributed by atoms with Crippen LogP contribution in [0.3, 0.4) is 0 Å². The van der Waals surface area contributed by atoms with Crippen molar-refractivity contribution in [3.05, 3.63) is 35.2 Å². The minimum Gasteiger partial charge on any atom is -0.388 e. The van der Waals surface area contributed by atoms with Gasteiger partial charge in [0.1, 0.15) is 18.3 Å². The lowest BCUT2D eigenvalue weighted by Gasteiger charge is -2.16. The van der Waals surface area contributed by atoms with Crippen LogP contribution in [0.1, 0.15) is 9.67 Å². The van der Waals surface area contributed by atoms with Gasteiger partial charge in [0.25, 0.3) is 5.91 Å². The fraction of sp³-hybridized carbons (Fsp3) is 0.400. The molecule has 2 aliphatic heterocycles. The molecule has 4 atom stereocenters. The first kappa shape index (κ1) is 13.2. The second-order valence-corrected chi connectivity index (χ2v) is 6.48. The summed E-state index contributed by atoms with van der Waals surface area (Å²) < 4.78 is 12.1. The van der Waals surface area contributed by atoms with Crippen molar-refractivity contribution in [3.8, 4) is 0 Å². The fourth-order valence-electron chi connectivity index (χ4n) is 2.94. The number of fused-ring (bicyclic) bond motifs is 2. The van der Waals surface area contributed by atoms with Crippen LogP contribution in [0.15, 0.2) is 30.3 Å². The number of hydrogen-bond acceptors (Lipinski definition) is 5. The molecule has 0 bridgehead atoms. The number of amides is 1. The predicted octanol–water partition coefficient (Wildman–Crippen LogP) is 1.16. The summed E-state index contributed by atoms with van der Waals surface area (Å²) in [6.07, 6.45) is -1.17. The molecule has 2 aliphatic rings. The molecule has 0 spiro atoms. The topological polar surface area (TPSA) is 67.8 Å². The molecule has 3 heterocycles. The Kier molecular flexibility index (Phi) is 3.19. The molecule has 1 aromatic carbocycles. The van der Waals surface area contributed by atoms with E-state index in [-0.39, 0.29) is 30.8 Å². The smallest absolute Gasteiger partial charge is 0.261 e. The summed E-state index contributed by atoms with van der Waals surface area (Å²) in [4.78, 5) is 13.0. The second kappa shape index (κ2) is 5.06. The van der Waals surface area contributed by atoms with Gasteiger partial charge in [-0.3, -0.25) is 4.79 Å². The van der Waals surface area contributed by atoms with Crippen LogP contribution >= 0.6 is 11.3 Å². The number of carbonyl (C=O) groups is 1. The highest BCUT2D eigenvalue weighted by Crippen LogP contribution is 2.28. The molecule has 0 saturated carbocycles. The Hall–Kier alpha value is -1.47. The van der Waals surface area contributed by atoms with Crippen molar-refractivity contribution in [2.75, 3.05) is 13.2 Å². The van der Waals surface area contributed by atoms with Gasteiger partial charge in [0.15, 0.2) is 0 Å². The third-order valence-corrected chi connectivity index (χ3v) is 5.11. The Labute approximate surface area is 125 Å². The van der Waals surface area contributed by atoms with Crippen molar-refractivity contribution in [3.63, 3.8) is 0 Å².